The summed E-state index contributed by atoms with van der Waals surface area (Å²) in [7, 11) is 0. The molecule has 1 N–H and O–H groups in total. The zero-order chi connectivity index (χ0) is 23.9. The van der Waals surface area contributed by atoms with E-state index in [1.165, 1.54) is 17.4 Å². The molecule has 0 saturated heterocycles. The molecule has 8 heteroatoms. The number of fused-ring (bicyclic) bond motifs is 1. The number of aromatic nitrogens is 1. The molecule has 3 heterocycles. The van der Waals surface area contributed by atoms with Crippen LogP contribution < -0.4 is 10.1 Å². The van der Waals surface area contributed by atoms with Crippen LogP contribution in [0.15, 0.2) is 54.9 Å². The molecular weight excluding hydrogens is 448 g/mol. The number of nitrogens with zero attached hydrogens (tertiary/aromatic N) is 3. The van der Waals surface area contributed by atoms with Crippen molar-refractivity contribution in [3.8, 4) is 11.8 Å². The standard InChI is InChI=1S/C26H24N4O3S/c1-2-33-22-8-4-3-7-19(22)9-10-24(31)29-26-21(15-27)20-11-13-30(17-23(20)34-26)25(32)14-18-6-5-12-28-16-18/h3-10,12,16H,2,11,13-14,17H2,1H3,(H,29,31). The van der Waals surface area contributed by atoms with Crippen LogP contribution in [-0.4, -0.2) is 34.8 Å². The summed E-state index contributed by atoms with van der Waals surface area (Å²) in [6, 6.07) is 13.4. The van der Waals surface area contributed by atoms with Crippen molar-refractivity contribution in [3.63, 3.8) is 0 Å². The number of ether oxygens (including phenoxy) is 1. The van der Waals surface area contributed by atoms with Crippen molar-refractivity contribution in [1.82, 2.24) is 9.88 Å². The van der Waals surface area contributed by atoms with E-state index in [1.54, 1.807) is 23.4 Å². The van der Waals surface area contributed by atoms with Gasteiger partial charge in [-0.05, 0) is 42.7 Å². The highest BCUT2D eigenvalue weighted by atomic mass is 32.1. The van der Waals surface area contributed by atoms with E-state index < -0.39 is 0 Å². The van der Waals surface area contributed by atoms with Gasteiger partial charge in [-0.25, -0.2) is 0 Å². The van der Waals surface area contributed by atoms with Gasteiger partial charge in [0.15, 0.2) is 0 Å². The first kappa shape index (κ1) is 23.2. The predicted molar refractivity (Wildman–Crippen MR) is 131 cm³/mol. The molecule has 0 atom stereocenters. The number of amides is 2. The number of anilines is 1. The number of pyridine rings is 1. The maximum Gasteiger partial charge on any atom is 0.249 e. The molecule has 3 aromatic rings. The molecule has 0 aliphatic carbocycles. The minimum absolute atomic E-state index is 0.0204. The van der Waals surface area contributed by atoms with Crippen LogP contribution in [0.4, 0.5) is 5.00 Å². The van der Waals surface area contributed by atoms with Crippen molar-refractivity contribution in [2.75, 3.05) is 18.5 Å². The maximum absolute atomic E-state index is 12.8. The van der Waals surface area contributed by atoms with Gasteiger partial charge in [0.05, 0.1) is 25.1 Å². The molecule has 4 rings (SSSR count). The van der Waals surface area contributed by atoms with Gasteiger partial charge >= 0.3 is 0 Å². The lowest BCUT2D eigenvalue weighted by Gasteiger charge is -2.27. The summed E-state index contributed by atoms with van der Waals surface area (Å²) in [4.78, 5) is 32.2. The predicted octanol–water partition coefficient (Wildman–Crippen LogP) is 4.19. The summed E-state index contributed by atoms with van der Waals surface area (Å²) in [6.07, 6.45) is 7.37. The third-order valence-electron chi connectivity index (χ3n) is 5.47. The lowest BCUT2D eigenvalue weighted by Crippen LogP contribution is -2.36. The molecule has 0 unspecified atom stereocenters. The van der Waals surface area contributed by atoms with Crippen LogP contribution in [0.5, 0.6) is 5.75 Å². The molecule has 0 saturated carbocycles. The Kier molecular flexibility index (Phi) is 7.35. The van der Waals surface area contributed by atoms with Crippen LogP contribution in [-0.2, 0) is 29.0 Å². The third kappa shape index (κ3) is 5.33. The second-order valence-electron chi connectivity index (χ2n) is 7.72. The Labute approximate surface area is 202 Å². The number of thiophene rings is 1. The monoisotopic (exact) mass is 472 g/mol. The van der Waals surface area contributed by atoms with Crippen molar-refractivity contribution < 1.29 is 14.3 Å². The average Bonchev–Trinajstić information content (AvgIpc) is 3.20. The van der Waals surface area contributed by atoms with E-state index in [0.717, 1.165) is 21.6 Å². The highest BCUT2D eigenvalue weighted by Crippen LogP contribution is 2.37. The van der Waals surface area contributed by atoms with E-state index in [2.05, 4.69) is 16.4 Å². The SMILES string of the molecule is CCOc1ccccc1C=CC(=O)Nc1sc2c(c1C#N)CCN(C(=O)Cc1cccnc1)C2. The normalized spacial score (nSPS) is 12.8. The molecule has 0 bridgehead atoms. The fourth-order valence-corrected chi connectivity index (χ4v) is 5.05. The van der Waals surface area contributed by atoms with Gasteiger partial charge in [-0.1, -0.05) is 24.3 Å². The summed E-state index contributed by atoms with van der Waals surface area (Å²) in [5, 5.41) is 13.1. The number of para-hydroxylation sites is 1. The number of hydrogen-bond donors (Lipinski definition) is 1. The summed E-state index contributed by atoms with van der Waals surface area (Å²) in [6.45, 7) is 3.41. The molecule has 172 valence electrons. The van der Waals surface area contributed by atoms with Crippen LogP contribution in [0.3, 0.4) is 0 Å². The highest BCUT2D eigenvalue weighted by molar-refractivity contribution is 7.16. The molecule has 7 nitrogen and oxygen atoms in total. The number of nitrogens with one attached hydrogen (secondary N) is 1. The Morgan fingerprint density at radius 2 is 2.15 bits per heavy atom. The maximum atomic E-state index is 12.8. The van der Waals surface area contributed by atoms with Crippen LogP contribution in [0, 0.1) is 11.3 Å². The van der Waals surface area contributed by atoms with Gasteiger partial charge in [-0.15, -0.1) is 11.3 Å². The second kappa shape index (κ2) is 10.8. The minimum atomic E-state index is -0.328. The van der Waals surface area contributed by atoms with Crippen LogP contribution in [0.25, 0.3) is 6.08 Å². The number of rotatable bonds is 7. The fourth-order valence-electron chi connectivity index (χ4n) is 3.84. The van der Waals surface area contributed by atoms with Gasteiger partial charge in [0.25, 0.3) is 0 Å². The van der Waals surface area contributed by atoms with E-state index in [9.17, 15) is 14.9 Å². The Bertz CT molecular complexity index is 1260. The fraction of sp³-hybridized carbons (Fsp3) is 0.231. The zero-order valence-corrected chi connectivity index (χ0v) is 19.6. The molecule has 1 aliphatic rings. The van der Waals surface area contributed by atoms with Gasteiger partial charge in [0.2, 0.25) is 11.8 Å². The van der Waals surface area contributed by atoms with E-state index in [1.807, 2.05) is 43.3 Å². The molecule has 0 fully saturated rings. The smallest absolute Gasteiger partial charge is 0.249 e. The van der Waals surface area contributed by atoms with Crippen molar-refractivity contribution in [2.24, 2.45) is 0 Å². The molecule has 0 radical (unpaired) electrons. The molecule has 1 aliphatic heterocycles. The minimum Gasteiger partial charge on any atom is -0.493 e. The lowest BCUT2D eigenvalue weighted by atomic mass is 10.0. The van der Waals surface area contributed by atoms with Crippen molar-refractivity contribution >= 4 is 34.2 Å². The number of carbonyl (C=O) groups is 2. The van der Waals surface area contributed by atoms with Crippen LogP contribution in [0.1, 0.15) is 34.1 Å². The van der Waals surface area contributed by atoms with E-state index in [4.69, 9.17) is 4.74 Å². The first-order valence-corrected chi connectivity index (χ1v) is 11.8. The molecule has 0 spiro atoms. The summed E-state index contributed by atoms with van der Waals surface area (Å²) < 4.78 is 5.59. The summed E-state index contributed by atoms with van der Waals surface area (Å²) >= 11 is 1.36. The van der Waals surface area contributed by atoms with Gasteiger partial charge < -0.3 is 15.0 Å². The number of nitriles is 1. The van der Waals surface area contributed by atoms with Crippen molar-refractivity contribution in [2.45, 2.75) is 26.3 Å². The van der Waals surface area contributed by atoms with Crippen LogP contribution >= 0.6 is 11.3 Å². The van der Waals surface area contributed by atoms with E-state index in [0.29, 0.717) is 42.4 Å². The number of carbonyl (C=O) groups excluding carboxylic acids is 2. The van der Waals surface area contributed by atoms with E-state index >= 15 is 0 Å². The van der Waals surface area contributed by atoms with Crippen LogP contribution in [0.2, 0.25) is 0 Å². The average molecular weight is 473 g/mol. The van der Waals surface area contributed by atoms with Crippen molar-refractivity contribution in [1.29, 1.82) is 5.26 Å². The number of hydrogen-bond acceptors (Lipinski definition) is 6. The lowest BCUT2D eigenvalue weighted by molar-refractivity contribution is -0.131. The quantitative estimate of drug-likeness (QED) is 0.520. The Morgan fingerprint density at radius 3 is 2.91 bits per heavy atom. The number of benzene rings is 1. The molecular formula is C26H24N4O3S. The van der Waals surface area contributed by atoms with Gasteiger partial charge in [-0.3, -0.25) is 14.6 Å². The molecule has 34 heavy (non-hydrogen) atoms. The summed E-state index contributed by atoms with van der Waals surface area (Å²) in [5.41, 5.74) is 3.07. The van der Waals surface area contributed by atoms with Gasteiger partial charge in [-0.2, -0.15) is 5.26 Å². The third-order valence-corrected chi connectivity index (χ3v) is 6.60. The largest absolute Gasteiger partial charge is 0.493 e. The Balaban J connectivity index is 1.45. The molecule has 2 amide bonds. The Hall–Kier alpha value is -3.96. The summed E-state index contributed by atoms with van der Waals surface area (Å²) in [5.74, 6) is 0.396. The zero-order valence-electron chi connectivity index (χ0n) is 18.8. The first-order chi connectivity index (χ1) is 16.6. The highest BCUT2D eigenvalue weighted by Gasteiger charge is 2.27. The van der Waals surface area contributed by atoms with Crippen molar-refractivity contribution in [3.05, 3.63) is 82.0 Å². The van der Waals surface area contributed by atoms with Gasteiger partial charge in [0, 0.05) is 35.5 Å². The topological polar surface area (TPSA) is 95.3 Å². The second-order valence-corrected chi connectivity index (χ2v) is 8.82. The Morgan fingerprint density at radius 1 is 1.29 bits per heavy atom. The first-order valence-electron chi connectivity index (χ1n) is 11.0. The molecule has 1 aromatic carbocycles. The molecule has 2 aromatic heterocycles. The van der Waals surface area contributed by atoms with E-state index in [-0.39, 0.29) is 18.2 Å². The van der Waals surface area contributed by atoms with Gasteiger partial charge in [0.1, 0.15) is 16.8 Å².